The first-order valence-electron chi connectivity index (χ1n) is 6.87. The zero-order valence-corrected chi connectivity index (χ0v) is 11.8. The standard InChI is InChI=1S/C12H18O2.C3H8O3/c13-9-1-3-11-5-7-12(8-6-11)4-2-10-14;4-1-3(6)2-5/h5-8,13-14H,1-4,9-10H2;3-6H,1-2H2. The molecule has 0 saturated heterocycles. The molecule has 116 valence electrons. The Hall–Kier alpha value is -0.980. The third-order valence-corrected chi connectivity index (χ3v) is 2.69. The van der Waals surface area contributed by atoms with Crippen molar-refractivity contribution < 1.29 is 25.5 Å². The monoisotopic (exact) mass is 286 g/mol. The lowest BCUT2D eigenvalue weighted by Gasteiger charge is -2.02. The Morgan fingerprint density at radius 3 is 1.25 bits per heavy atom. The lowest BCUT2D eigenvalue weighted by atomic mass is 10.0. The van der Waals surface area contributed by atoms with Crippen molar-refractivity contribution in [1.82, 2.24) is 0 Å². The van der Waals surface area contributed by atoms with Gasteiger partial charge in [0.1, 0.15) is 6.10 Å². The molecular formula is C15H26O5. The Balaban J connectivity index is 0.000000511. The molecule has 0 amide bonds. The largest absolute Gasteiger partial charge is 0.396 e. The fourth-order valence-electron chi connectivity index (χ4n) is 1.50. The van der Waals surface area contributed by atoms with Crippen molar-refractivity contribution in [2.24, 2.45) is 0 Å². The molecule has 20 heavy (non-hydrogen) atoms. The second-order valence-electron chi connectivity index (χ2n) is 4.49. The summed E-state index contributed by atoms with van der Waals surface area (Å²) in [6, 6.07) is 8.40. The first-order chi connectivity index (χ1) is 9.67. The van der Waals surface area contributed by atoms with Crippen molar-refractivity contribution in [3.63, 3.8) is 0 Å². The molecule has 0 saturated carbocycles. The minimum atomic E-state index is -0.954. The number of hydrogen-bond donors (Lipinski definition) is 5. The first kappa shape index (κ1) is 19.0. The maximum atomic E-state index is 8.67. The molecule has 0 spiro atoms. The Morgan fingerprint density at radius 2 is 1.05 bits per heavy atom. The summed E-state index contributed by atoms with van der Waals surface area (Å²) in [5.41, 5.74) is 2.54. The van der Waals surface area contributed by atoms with E-state index in [1.165, 1.54) is 11.1 Å². The predicted octanol–water partition coefficient (Wildman–Crippen LogP) is -0.132. The summed E-state index contributed by atoms with van der Waals surface area (Å²) < 4.78 is 0. The van der Waals surface area contributed by atoms with Crippen LogP contribution in [0.4, 0.5) is 0 Å². The molecule has 0 atom stereocenters. The molecule has 0 aliphatic carbocycles. The van der Waals surface area contributed by atoms with Crippen LogP contribution in [0.3, 0.4) is 0 Å². The highest BCUT2D eigenvalue weighted by Crippen LogP contribution is 2.08. The van der Waals surface area contributed by atoms with Crippen molar-refractivity contribution in [2.45, 2.75) is 31.8 Å². The van der Waals surface area contributed by atoms with Gasteiger partial charge in [-0.1, -0.05) is 24.3 Å². The van der Waals surface area contributed by atoms with E-state index in [2.05, 4.69) is 24.3 Å². The molecule has 0 heterocycles. The van der Waals surface area contributed by atoms with E-state index < -0.39 is 6.10 Å². The molecule has 5 heteroatoms. The van der Waals surface area contributed by atoms with Gasteiger partial charge in [0.25, 0.3) is 0 Å². The van der Waals surface area contributed by atoms with Gasteiger partial charge in [0, 0.05) is 13.2 Å². The van der Waals surface area contributed by atoms with E-state index in [1.54, 1.807) is 0 Å². The van der Waals surface area contributed by atoms with Crippen LogP contribution in [0, 0.1) is 0 Å². The van der Waals surface area contributed by atoms with Crippen molar-refractivity contribution >= 4 is 0 Å². The maximum absolute atomic E-state index is 8.67. The average molecular weight is 286 g/mol. The Bertz CT molecular complexity index is 282. The quantitative estimate of drug-likeness (QED) is 0.458. The maximum Gasteiger partial charge on any atom is 0.100 e. The van der Waals surface area contributed by atoms with Crippen LogP contribution in [-0.2, 0) is 12.8 Å². The van der Waals surface area contributed by atoms with Crippen molar-refractivity contribution in [2.75, 3.05) is 26.4 Å². The van der Waals surface area contributed by atoms with E-state index in [0.29, 0.717) is 0 Å². The van der Waals surface area contributed by atoms with Gasteiger partial charge in [0.05, 0.1) is 13.2 Å². The summed E-state index contributed by atoms with van der Waals surface area (Å²) >= 11 is 0. The Morgan fingerprint density at radius 1 is 0.700 bits per heavy atom. The van der Waals surface area contributed by atoms with Crippen molar-refractivity contribution in [3.8, 4) is 0 Å². The summed E-state index contributed by atoms with van der Waals surface area (Å²) in [6.45, 7) is -0.217. The molecule has 0 aromatic heterocycles. The number of benzene rings is 1. The van der Waals surface area contributed by atoms with Crippen LogP contribution >= 0.6 is 0 Å². The molecule has 1 aromatic carbocycles. The highest BCUT2D eigenvalue weighted by atomic mass is 16.3. The van der Waals surface area contributed by atoms with Gasteiger partial charge >= 0.3 is 0 Å². The van der Waals surface area contributed by atoms with Gasteiger partial charge in [0.15, 0.2) is 0 Å². The summed E-state index contributed by atoms with van der Waals surface area (Å²) in [7, 11) is 0. The fraction of sp³-hybridized carbons (Fsp3) is 0.600. The van der Waals surface area contributed by atoms with Crippen LogP contribution < -0.4 is 0 Å². The van der Waals surface area contributed by atoms with Crippen LogP contribution in [0.2, 0.25) is 0 Å². The lowest BCUT2D eigenvalue weighted by Crippen LogP contribution is -2.15. The molecular weight excluding hydrogens is 260 g/mol. The smallest absolute Gasteiger partial charge is 0.100 e. The normalized spacial score (nSPS) is 10.3. The minimum Gasteiger partial charge on any atom is -0.396 e. The molecule has 1 aromatic rings. The molecule has 0 unspecified atom stereocenters. The zero-order chi connectivity index (χ0) is 15.2. The third-order valence-electron chi connectivity index (χ3n) is 2.69. The first-order valence-corrected chi connectivity index (χ1v) is 6.87. The Kier molecular flexibility index (Phi) is 12.4. The summed E-state index contributed by atoms with van der Waals surface area (Å²) in [4.78, 5) is 0. The van der Waals surface area contributed by atoms with E-state index >= 15 is 0 Å². The molecule has 5 N–H and O–H groups in total. The van der Waals surface area contributed by atoms with Gasteiger partial charge in [-0.3, -0.25) is 0 Å². The number of aliphatic hydroxyl groups excluding tert-OH is 5. The zero-order valence-electron chi connectivity index (χ0n) is 11.8. The molecule has 0 bridgehead atoms. The topological polar surface area (TPSA) is 101 Å². The second-order valence-corrected chi connectivity index (χ2v) is 4.49. The molecule has 0 fully saturated rings. The number of aliphatic hydroxyl groups is 5. The van der Waals surface area contributed by atoms with Crippen LogP contribution in [-0.4, -0.2) is 58.1 Å². The van der Waals surface area contributed by atoms with E-state index in [-0.39, 0.29) is 26.4 Å². The predicted molar refractivity (Wildman–Crippen MR) is 77.4 cm³/mol. The van der Waals surface area contributed by atoms with Gasteiger partial charge in [-0.05, 0) is 36.8 Å². The Labute approximate surface area is 120 Å². The van der Waals surface area contributed by atoms with Gasteiger partial charge in [-0.15, -0.1) is 0 Å². The average Bonchev–Trinajstić information content (AvgIpc) is 2.51. The van der Waals surface area contributed by atoms with Crippen LogP contribution in [0.5, 0.6) is 0 Å². The summed E-state index contributed by atoms with van der Waals surface area (Å²) in [6.07, 6.45) is 2.59. The highest BCUT2D eigenvalue weighted by Gasteiger charge is 1.95. The minimum absolute atomic E-state index is 0.256. The van der Waals surface area contributed by atoms with Crippen LogP contribution in [0.15, 0.2) is 24.3 Å². The molecule has 0 aliphatic heterocycles. The van der Waals surface area contributed by atoms with E-state index in [1.807, 2.05) is 0 Å². The van der Waals surface area contributed by atoms with Crippen molar-refractivity contribution in [1.29, 1.82) is 0 Å². The lowest BCUT2D eigenvalue weighted by molar-refractivity contribution is 0.0450. The molecule has 0 radical (unpaired) electrons. The van der Waals surface area contributed by atoms with Crippen LogP contribution in [0.1, 0.15) is 24.0 Å². The fourth-order valence-corrected chi connectivity index (χ4v) is 1.50. The SMILES string of the molecule is OCC(O)CO.OCCCc1ccc(CCCO)cc1. The number of aryl methyl sites for hydroxylation is 2. The van der Waals surface area contributed by atoms with E-state index in [0.717, 1.165) is 25.7 Å². The van der Waals surface area contributed by atoms with Gasteiger partial charge in [-0.25, -0.2) is 0 Å². The summed E-state index contributed by atoms with van der Waals surface area (Å²) in [5, 5.41) is 41.4. The number of rotatable bonds is 8. The van der Waals surface area contributed by atoms with E-state index in [9.17, 15) is 0 Å². The van der Waals surface area contributed by atoms with Crippen LogP contribution in [0.25, 0.3) is 0 Å². The van der Waals surface area contributed by atoms with Gasteiger partial charge in [-0.2, -0.15) is 0 Å². The summed E-state index contributed by atoms with van der Waals surface area (Å²) in [5.74, 6) is 0. The molecule has 1 rings (SSSR count). The highest BCUT2D eigenvalue weighted by molar-refractivity contribution is 5.22. The number of hydrogen-bond acceptors (Lipinski definition) is 5. The van der Waals surface area contributed by atoms with Gasteiger partial charge < -0.3 is 25.5 Å². The molecule has 0 aliphatic rings. The van der Waals surface area contributed by atoms with Gasteiger partial charge in [0.2, 0.25) is 0 Å². The molecule has 5 nitrogen and oxygen atoms in total. The third kappa shape index (κ3) is 9.89. The second kappa shape index (κ2) is 13.0. The van der Waals surface area contributed by atoms with E-state index in [4.69, 9.17) is 25.5 Å². The van der Waals surface area contributed by atoms with Crippen molar-refractivity contribution in [3.05, 3.63) is 35.4 Å².